The lowest BCUT2D eigenvalue weighted by molar-refractivity contribution is -0.166. The number of rotatable bonds is 6. The van der Waals surface area contributed by atoms with E-state index in [0.29, 0.717) is 0 Å². The maximum atomic E-state index is 13.0. The third-order valence-electron chi connectivity index (χ3n) is 4.45. The predicted molar refractivity (Wildman–Crippen MR) is 99.0 cm³/mol. The SMILES string of the molecule is CC(C)(C)N1C[C@@H](OS(C)(=O)=O)C[C@]1(C(N)=O)C(=O)OCc1ccccc1. The van der Waals surface area contributed by atoms with Gasteiger partial charge < -0.3 is 10.5 Å². The highest BCUT2D eigenvalue weighted by Crippen LogP contribution is 2.38. The molecule has 1 aliphatic rings. The lowest BCUT2D eigenvalue weighted by atomic mass is 9.90. The Morgan fingerprint density at radius 3 is 2.33 bits per heavy atom. The van der Waals surface area contributed by atoms with Crippen LogP contribution in [0.3, 0.4) is 0 Å². The van der Waals surface area contributed by atoms with Gasteiger partial charge in [-0.2, -0.15) is 8.42 Å². The summed E-state index contributed by atoms with van der Waals surface area (Å²) < 4.78 is 33.5. The van der Waals surface area contributed by atoms with E-state index in [0.717, 1.165) is 11.8 Å². The third-order valence-corrected chi connectivity index (χ3v) is 5.07. The van der Waals surface area contributed by atoms with Gasteiger partial charge in [0, 0.05) is 18.5 Å². The van der Waals surface area contributed by atoms with Gasteiger partial charge >= 0.3 is 5.97 Å². The topological polar surface area (TPSA) is 116 Å². The minimum Gasteiger partial charge on any atom is -0.459 e. The quantitative estimate of drug-likeness (QED) is 0.428. The summed E-state index contributed by atoms with van der Waals surface area (Å²) in [4.78, 5) is 27.0. The highest BCUT2D eigenvalue weighted by Gasteiger charge is 2.60. The molecule has 27 heavy (non-hydrogen) atoms. The van der Waals surface area contributed by atoms with E-state index in [9.17, 15) is 18.0 Å². The smallest absolute Gasteiger partial charge is 0.336 e. The monoisotopic (exact) mass is 398 g/mol. The normalized spacial score (nSPS) is 23.9. The number of amides is 1. The Balaban J connectivity index is 2.33. The molecule has 2 N–H and O–H groups in total. The van der Waals surface area contributed by atoms with Crippen LogP contribution in [0.1, 0.15) is 32.8 Å². The third kappa shape index (κ3) is 4.85. The molecule has 8 nitrogen and oxygen atoms in total. The van der Waals surface area contributed by atoms with Crippen molar-refractivity contribution < 1.29 is 26.9 Å². The summed E-state index contributed by atoms with van der Waals surface area (Å²) in [6.07, 6.45) is -0.150. The first-order valence-electron chi connectivity index (χ1n) is 8.53. The molecule has 1 saturated heterocycles. The van der Waals surface area contributed by atoms with Gasteiger partial charge in [-0.3, -0.25) is 13.9 Å². The van der Waals surface area contributed by atoms with Crippen molar-refractivity contribution in [1.29, 1.82) is 0 Å². The average Bonchev–Trinajstić information content (AvgIpc) is 2.92. The number of nitrogens with zero attached hydrogens (tertiary/aromatic N) is 1. The van der Waals surface area contributed by atoms with Crippen LogP contribution >= 0.6 is 0 Å². The van der Waals surface area contributed by atoms with Gasteiger partial charge in [-0.15, -0.1) is 0 Å². The molecule has 2 atom stereocenters. The van der Waals surface area contributed by atoms with Crippen molar-refractivity contribution >= 4 is 22.0 Å². The number of benzene rings is 1. The summed E-state index contributed by atoms with van der Waals surface area (Å²) in [6, 6.07) is 9.02. The van der Waals surface area contributed by atoms with Gasteiger partial charge in [-0.05, 0) is 26.3 Å². The molecule has 1 aromatic carbocycles. The fraction of sp³-hybridized carbons (Fsp3) is 0.556. The van der Waals surface area contributed by atoms with E-state index < -0.39 is 39.2 Å². The molecular weight excluding hydrogens is 372 g/mol. The number of carbonyl (C=O) groups is 2. The van der Waals surface area contributed by atoms with E-state index in [-0.39, 0.29) is 19.6 Å². The molecule has 1 fully saturated rings. The molecule has 0 spiro atoms. The predicted octanol–water partition coefficient (Wildman–Crippen LogP) is 0.803. The lowest BCUT2D eigenvalue weighted by Gasteiger charge is -2.41. The number of ether oxygens (including phenoxy) is 1. The minimum absolute atomic E-state index is 0.0235. The number of nitrogens with two attached hydrogens (primary N) is 1. The van der Waals surface area contributed by atoms with Crippen LogP contribution in [-0.2, 0) is 35.2 Å². The first-order chi connectivity index (χ1) is 12.4. The molecule has 1 aromatic rings. The Morgan fingerprint density at radius 1 is 1.26 bits per heavy atom. The zero-order valence-electron chi connectivity index (χ0n) is 16.0. The summed E-state index contributed by atoms with van der Waals surface area (Å²) in [6.45, 7) is 5.44. The molecular formula is C18H26N2O6S. The van der Waals surface area contributed by atoms with Crippen molar-refractivity contribution in [2.45, 2.75) is 51.0 Å². The summed E-state index contributed by atoms with van der Waals surface area (Å²) in [7, 11) is -3.76. The fourth-order valence-corrected chi connectivity index (χ4v) is 4.02. The Bertz CT molecular complexity index is 803. The molecule has 9 heteroatoms. The minimum atomic E-state index is -3.76. The molecule has 0 saturated carbocycles. The Kier molecular flexibility index (Phi) is 5.98. The Hall–Kier alpha value is -1.97. The van der Waals surface area contributed by atoms with Gasteiger partial charge in [0.1, 0.15) is 6.61 Å². The van der Waals surface area contributed by atoms with Crippen molar-refractivity contribution in [2.24, 2.45) is 5.73 Å². The van der Waals surface area contributed by atoms with Crippen molar-refractivity contribution in [1.82, 2.24) is 4.90 Å². The van der Waals surface area contributed by atoms with Crippen LogP contribution in [0, 0.1) is 0 Å². The molecule has 0 bridgehead atoms. The van der Waals surface area contributed by atoms with Crippen LogP contribution in [0.4, 0.5) is 0 Å². The number of likely N-dealkylation sites (tertiary alicyclic amines) is 1. The highest BCUT2D eigenvalue weighted by molar-refractivity contribution is 7.86. The number of esters is 1. The number of carbonyl (C=O) groups excluding carboxylic acids is 2. The van der Waals surface area contributed by atoms with Crippen LogP contribution in [0.25, 0.3) is 0 Å². The maximum absolute atomic E-state index is 13.0. The van der Waals surface area contributed by atoms with Crippen LogP contribution in [0.15, 0.2) is 30.3 Å². The largest absolute Gasteiger partial charge is 0.459 e. The molecule has 1 heterocycles. The summed E-state index contributed by atoms with van der Waals surface area (Å²) >= 11 is 0. The lowest BCUT2D eigenvalue weighted by Crippen LogP contribution is -2.64. The molecule has 1 amide bonds. The van der Waals surface area contributed by atoms with Gasteiger partial charge in [0.2, 0.25) is 11.4 Å². The van der Waals surface area contributed by atoms with Crippen molar-refractivity contribution in [3.63, 3.8) is 0 Å². The van der Waals surface area contributed by atoms with Gasteiger partial charge in [-0.1, -0.05) is 30.3 Å². The van der Waals surface area contributed by atoms with E-state index >= 15 is 0 Å². The summed E-state index contributed by atoms with van der Waals surface area (Å²) in [5, 5.41) is 0. The summed E-state index contributed by atoms with van der Waals surface area (Å²) in [5.74, 6) is -1.71. The van der Waals surface area contributed by atoms with E-state index in [4.69, 9.17) is 14.7 Å². The van der Waals surface area contributed by atoms with Crippen molar-refractivity contribution in [3.8, 4) is 0 Å². The van der Waals surface area contributed by atoms with Crippen LogP contribution < -0.4 is 5.73 Å². The van der Waals surface area contributed by atoms with E-state index in [1.165, 1.54) is 0 Å². The summed E-state index contributed by atoms with van der Waals surface area (Å²) in [5.41, 5.74) is 3.93. The van der Waals surface area contributed by atoms with E-state index in [2.05, 4.69) is 0 Å². The zero-order chi connectivity index (χ0) is 20.5. The number of primary amides is 1. The van der Waals surface area contributed by atoms with Crippen molar-refractivity contribution in [3.05, 3.63) is 35.9 Å². The average molecular weight is 398 g/mol. The van der Waals surface area contributed by atoms with Gasteiger partial charge in [0.15, 0.2) is 0 Å². The standard InChI is InChI=1S/C18H26N2O6S/c1-17(2,3)20-11-14(26-27(4,23)24)10-18(20,15(19)21)16(22)25-12-13-8-6-5-7-9-13/h5-9,14H,10-12H2,1-4H3,(H2,19,21)/t14-,18-/m0/s1. The van der Waals surface area contributed by atoms with Crippen molar-refractivity contribution in [2.75, 3.05) is 12.8 Å². The molecule has 0 radical (unpaired) electrons. The number of hydrogen-bond acceptors (Lipinski definition) is 7. The first-order valence-corrected chi connectivity index (χ1v) is 10.3. The van der Waals surface area contributed by atoms with Gasteiger partial charge in [0.05, 0.1) is 12.4 Å². The molecule has 150 valence electrons. The Morgan fingerprint density at radius 2 is 1.85 bits per heavy atom. The van der Waals surface area contributed by atoms with Gasteiger partial charge in [0.25, 0.3) is 10.1 Å². The second kappa shape index (κ2) is 7.57. The highest BCUT2D eigenvalue weighted by atomic mass is 32.2. The number of hydrogen-bond donors (Lipinski definition) is 1. The molecule has 0 unspecified atom stereocenters. The van der Waals surface area contributed by atoms with Gasteiger partial charge in [-0.25, -0.2) is 4.79 Å². The zero-order valence-corrected chi connectivity index (χ0v) is 16.8. The fourth-order valence-electron chi connectivity index (χ4n) is 3.39. The second-order valence-corrected chi connectivity index (χ2v) is 9.29. The second-order valence-electron chi connectivity index (χ2n) is 7.69. The molecule has 1 aliphatic heterocycles. The molecule has 0 aliphatic carbocycles. The van der Waals surface area contributed by atoms with E-state index in [1.54, 1.807) is 49.9 Å². The van der Waals surface area contributed by atoms with Crippen LogP contribution in [0.2, 0.25) is 0 Å². The Labute approximate surface area is 159 Å². The molecule has 0 aromatic heterocycles. The van der Waals surface area contributed by atoms with Crippen LogP contribution in [0.5, 0.6) is 0 Å². The maximum Gasteiger partial charge on any atom is 0.336 e. The first kappa shape index (κ1) is 21.3. The molecule has 2 rings (SSSR count). The van der Waals surface area contributed by atoms with Crippen LogP contribution in [-0.4, -0.2) is 55.2 Å². The van der Waals surface area contributed by atoms with E-state index in [1.807, 2.05) is 6.07 Å².